The summed E-state index contributed by atoms with van der Waals surface area (Å²) in [4.78, 5) is 31.2. The van der Waals surface area contributed by atoms with E-state index < -0.39 is 0 Å². The molecule has 1 atom stereocenters. The standard InChI is InChI=1S/C18H25N3O2S/c1-2-21-14-10-7-11-19-17(14)24-15(18(21)23)12-16(22)20-13-8-5-3-4-6-9-13/h7,10-11,13,15H,2-6,8-9,12H2,1H3,(H,20,22). The van der Waals surface area contributed by atoms with Crippen LogP contribution in [-0.4, -0.2) is 34.6 Å². The van der Waals surface area contributed by atoms with Gasteiger partial charge in [-0.3, -0.25) is 9.59 Å². The predicted molar refractivity (Wildman–Crippen MR) is 96.2 cm³/mol. The maximum absolute atomic E-state index is 12.7. The number of pyridine rings is 1. The van der Waals surface area contributed by atoms with Gasteiger partial charge in [-0.2, -0.15) is 0 Å². The van der Waals surface area contributed by atoms with Gasteiger partial charge in [0.1, 0.15) is 5.03 Å². The van der Waals surface area contributed by atoms with E-state index in [-0.39, 0.29) is 29.5 Å². The topological polar surface area (TPSA) is 62.3 Å². The van der Waals surface area contributed by atoms with Gasteiger partial charge in [-0.1, -0.05) is 37.4 Å². The van der Waals surface area contributed by atoms with Crippen molar-refractivity contribution < 1.29 is 9.59 Å². The summed E-state index contributed by atoms with van der Waals surface area (Å²) in [6.45, 7) is 2.55. The number of hydrogen-bond donors (Lipinski definition) is 1. The van der Waals surface area contributed by atoms with E-state index in [0.29, 0.717) is 6.54 Å². The Kier molecular flexibility index (Phi) is 5.76. The molecule has 130 valence electrons. The lowest BCUT2D eigenvalue weighted by molar-refractivity contribution is -0.125. The molecule has 0 radical (unpaired) electrons. The molecule has 1 saturated carbocycles. The van der Waals surface area contributed by atoms with Crippen LogP contribution in [0.2, 0.25) is 0 Å². The summed E-state index contributed by atoms with van der Waals surface area (Å²) < 4.78 is 0. The van der Waals surface area contributed by atoms with E-state index in [1.165, 1.54) is 37.4 Å². The van der Waals surface area contributed by atoms with Crippen LogP contribution in [0.5, 0.6) is 0 Å². The van der Waals surface area contributed by atoms with Gasteiger partial charge >= 0.3 is 0 Å². The van der Waals surface area contributed by atoms with Crippen molar-refractivity contribution in [2.75, 3.05) is 11.4 Å². The summed E-state index contributed by atoms with van der Waals surface area (Å²) >= 11 is 1.42. The molecule has 1 aromatic heterocycles. The number of carbonyl (C=O) groups is 2. The molecule has 1 aliphatic carbocycles. The minimum atomic E-state index is -0.377. The fraction of sp³-hybridized carbons (Fsp3) is 0.611. The minimum Gasteiger partial charge on any atom is -0.353 e. The summed E-state index contributed by atoms with van der Waals surface area (Å²) in [5, 5.41) is 3.60. The third-order valence-electron chi connectivity index (χ3n) is 4.74. The van der Waals surface area contributed by atoms with Crippen LogP contribution in [0.4, 0.5) is 5.69 Å². The zero-order chi connectivity index (χ0) is 16.9. The first kappa shape index (κ1) is 17.3. The van der Waals surface area contributed by atoms with Crippen LogP contribution in [0.3, 0.4) is 0 Å². The van der Waals surface area contributed by atoms with E-state index in [1.807, 2.05) is 19.1 Å². The Bertz CT molecular complexity index is 600. The van der Waals surface area contributed by atoms with Crippen molar-refractivity contribution in [3.8, 4) is 0 Å². The van der Waals surface area contributed by atoms with Crippen molar-refractivity contribution >= 4 is 29.3 Å². The molecule has 0 aromatic carbocycles. The number of rotatable bonds is 4. The third kappa shape index (κ3) is 3.91. The number of fused-ring (bicyclic) bond motifs is 1. The van der Waals surface area contributed by atoms with Crippen molar-refractivity contribution in [1.29, 1.82) is 0 Å². The highest BCUT2D eigenvalue weighted by atomic mass is 32.2. The third-order valence-corrected chi connectivity index (χ3v) is 5.94. The largest absolute Gasteiger partial charge is 0.353 e. The number of amides is 2. The average Bonchev–Trinajstić information content (AvgIpc) is 2.84. The van der Waals surface area contributed by atoms with Crippen LogP contribution < -0.4 is 10.2 Å². The molecule has 1 unspecified atom stereocenters. The van der Waals surface area contributed by atoms with Gasteiger partial charge in [0.05, 0.1) is 10.9 Å². The normalized spacial score (nSPS) is 22.0. The zero-order valence-corrected chi connectivity index (χ0v) is 15.0. The van der Waals surface area contributed by atoms with Crippen LogP contribution in [0.1, 0.15) is 51.9 Å². The van der Waals surface area contributed by atoms with E-state index >= 15 is 0 Å². The first-order chi connectivity index (χ1) is 11.7. The molecule has 1 fully saturated rings. The van der Waals surface area contributed by atoms with Crippen molar-refractivity contribution in [2.24, 2.45) is 0 Å². The van der Waals surface area contributed by atoms with E-state index in [0.717, 1.165) is 23.6 Å². The highest BCUT2D eigenvalue weighted by Gasteiger charge is 2.35. The van der Waals surface area contributed by atoms with Crippen LogP contribution in [0, 0.1) is 0 Å². The molecule has 1 aliphatic heterocycles. The van der Waals surface area contributed by atoms with Gasteiger partial charge in [-0.15, -0.1) is 0 Å². The maximum Gasteiger partial charge on any atom is 0.241 e. The quantitative estimate of drug-likeness (QED) is 0.850. The summed E-state index contributed by atoms with van der Waals surface area (Å²) in [6, 6.07) is 4.03. The Morgan fingerprint density at radius 2 is 2.08 bits per heavy atom. The van der Waals surface area contributed by atoms with Gasteiger partial charge in [-0.05, 0) is 31.9 Å². The number of carbonyl (C=O) groups excluding carboxylic acids is 2. The van der Waals surface area contributed by atoms with Crippen molar-refractivity contribution in [2.45, 2.75) is 68.2 Å². The molecular weight excluding hydrogens is 322 g/mol. The molecule has 2 amide bonds. The van der Waals surface area contributed by atoms with Crippen LogP contribution in [-0.2, 0) is 9.59 Å². The fourth-order valence-corrected chi connectivity index (χ4v) is 4.64. The lowest BCUT2D eigenvalue weighted by atomic mass is 10.1. The number of nitrogens with one attached hydrogen (secondary N) is 1. The first-order valence-corrected chi connectivity index (χ1v) is 9.79. The van der Waals surface area contributed by atoms with E-state index in [2.05, 4.69) is 10.3 Å². The Balaban J connectivity index is 1.64. The van der Waals surface area contributed by atoms with E-state index in [1.54, 1.807) is 11.1 Å². The highest BCUT2D eigenvalue weighted by molar-refractivity contribution is 8.00. The monoisotopic (exact) mass is 347 g/mol. The molecule has 1 aromatic rings. The van der Waals surface area contributed by atoms with Crippen LogP contribution in [0.25, 0.3) is 0 Å². The average molecular weight is 347 g/mol. The van der Waals surface area contributed by atoms with Gasteiger partial charge < -0.3 is 10.2 Å². The Hall–Kier alpha value is -1.56. The molecule has 0 spiro atoms. The molecule has 2 aliphatic rings. The fourth-order valence-electron chi connectivity index (χ4n) is 3.49. The van der Waals surface area contributed by atoms with Crippen molar-refractivity contribution in [3.63, 3.8) is 0 Å². The zero-order valence-electron chi connectivity index (χ0n) is 14.2. The van der Waals surface area contributed by atoms with E-state index in [9.17, 15) is 9.59 Å². The second-order valence-electron chi connectivity index (χ2n) is 6.48. The van der Waals surface area contributed by atoms with E-state index in [4.69, 9.17) is 0 Å². The molecule has 0 saturated heterocycles. The highest BCUT2D eigenvalue weighted by Crippen LogP contribution is 2.38. The molecule has 24 heavy (non-hydrogen) atoms. The van der Waals surface area contributed by atoms with Gasteiger partial charge in [0, 0.05) is 25.2 Å². The van der Waals surface area contributed by atoms with Crippen molar-refractivity contribution in [3.05, 3.63) is 18.3 Å². The summed E-state index contributed by atoms with van der Waals surface area (Å²) in [5.41, 5.74) is 0.857. The second kappa shape index (κ2) is 8.01. The summed E-state index contributed by atoms with van der Waals surface area (Å²) in [7, 11) is 0. The van der Waals surface area contributed by atoms with Crippen LogP contribution in [0.15, 0.2) is 23.4 Å². The number of hydrogen-bond acceptors (Lipinski definition) is 4. The lowest BCUT2D eigenvalue weighted by Gasteiger charge is -2.32. The number of aromatic nitrogens is 1. The van der Waals surface area contributed by atoms with Gasteiger partial charge in [-0.25, -0.2) is 4.98 Å². The molecular formula is C18H25N3O2S. The second-order valence-corrected chi connectivity index (χ2v) is 7.67. The predicted octanol–water partition coefficient (Wildman–Crippen LogP) is 3.14. The minimum absolute atomic E-state index is 0.0109. The molecule has 1 N–H and O–H groups in total. The Morgan fingerprint density at radius 3 is 2.79 bits per heavy atom. The number of thioether (sulfide) groups is 1. The SMILES string of the molecule is CCN1C(=O)C(CC(=O)NC2CCCCCC2)Sc2ncccc21. The molecule has 2 heterocycles. The van der Waals surface area contributed by atoms with Gasteiger partial charge in [0.2, 0.25) is 11.8 Å². The summed E-state index contributed by atoms with van der Waals surface area (Å²) in [6.07, 6.45) is 8.97. The molecule has 6 heteroatoms. The van der Waals surface area contributed by atoms with Crippen LogP contribution >= 0.6 is 11.8 Å². The molecule has 5 nitrogen and oxygen atoms in total. The smallest absolute Gasteiger partial charge is 0.241 e. The molecule has 3 rings (SSSR count). The van der Waals surface area contributed by atoms with Gasteiger partial charge in [0.15, 0.2) is 0 Å². The maximum atomic E-state index is 12.7. The number of nitrogens with zero attached hydrogens (tertiary/aromatic N) is 2. The molecule has 0 bridgehead atoms. The van der Waals surface area contributed by atoms with Crippen molar-refractivity contribution in [1.82, 2.24) is 10.3 Å². The Morgan fingerprint density at radius 1 is 1.33 bits per heavy atom. The lowest BCUT2D eigenvalue weighted by Crippen LogP contribution is -2.44. The summed E-state index contributed by atoms with van der Waals surface area (Å²) in [5.74, 6) is 0.00204. The van der Waals surface area contributed by atoms with Gasteiger partial charge in [0.25, 0.3) is 0 Å². The first-order valence-electron chi connectivity index (χ1n) is 8.91. The number of anilines is 1. The Labute approximate surface area is 147 Å².